The number of rotatable bonds is 5. The van der Waals surface area contributed by atoms with E-state index in [1.54, 1.807) is 11.3 Å². The molecule has 14 heavy (non-hydrogen) atoms. The number of nitrogens with one attached hydrogen (secondary N) is 1. The molecule has 0 aliphatic heterocycles. The lowest BCUT2D eigenvalue weighted by Crippen LogP contribution is -2.33. The molecule has 0 saturated heterocycles. The van der Waals surface area contributed by atoms with Crippen LogP contribution in [0.1, 0.15) is 11.3 Å². The second-order valence-electron chi connectivity index (χ2n) is 3.13. The maximum absolute atomic E-state index is 10.9. The molecular weight excluding hydrogens is 198 g/mol. The van der Waals surface area contributed by atoms with Crippen LogP contribution in [-0.2, 0) is 11.3 Å². The van der Waals surface area contributed by atoms with Crippen molar-refractivity contribution in [1.29, 1.82) is 0 Å². The number of nitrogens with zero attached hydrogens (tertiary/aromatic N) is 1. The third-order valence-electron chi connectivity index (χ3n) is 1.89. The summed E-state index contributed by atoms with van der Waals surface area (Å²) in [4.78, 5) is 14.3. The molecule has 0 bridgehead atoms. The Morgan fingerprint density at radius 2 is 2.50 bits per heavy atom. The average molecular weight is 213 g/mol. The third kappa shape index (κ3) is 3.87. The minimum absolute atomic E-state index is 0.122. The molecule has 1 amide bonds. The van der Waals surface area contributed by atoms with Crippen LogP contribution < -0.4 is 11.3 Å². The molecule has 1 rings (SSSR count). The van der Waals surface area contributed by atoms with Crippen LogP contribution in [0.4, 0.5) is 0 Å². The molecule has 0 aliphatic carbocycles. The molecule has 0 saturated carbocycles. The van der Waals surface area contributed by atoms with Gasteiger partial charge >= 0.3 is 0 Å². The highest BCUT2D eigenvalue weighted by Crippen LogP contribution is 2.10. The van der Waals surface area contributed by atoms with Crippen LogP contribution >= 0.6 is 11.3 Å². The van der Waals surface area contributed by atoms with Crippen molar-refractivity contribution in [2.75, 3.05) is 13.6 Å². The molecule has 0 fully saturated rings. The fourth-order valence-corrected chi connectivity index (χ4v) is 1.90. The van der Waals surface area contributed by atoms with Gasteiger partial charge in [0, 0.05) is 24.4 Å². The third-order valence-corrected chi connectivity index (χ3v) is 2.75. The maximum atomic E-state index is 10.9. The van der Waals surface area contributed by atoms with Gasteiger partial charge in [0.1, 0.15) is 0 Å². The Labute approximate surface area is 87.7 Å². The first kappa shape index (κ1) is 11.2. The minimum atomic E-state index is -0.122. The van der Waals surface area contributed by atoms with E-state index in [0.29, 0.717) is 6.42 Å². The van der Waals surface area contributed by atoms with Gasteiger partial charge in [-0.2, -0.15) is 0 Å². The van der Waals surface area contributed by atoms with Gasteiger partial charge in [-0.25, -0.2) is 5.84 Å². The summed E-state index contributed by atoms with van der Waals surface area (Å²) in [5.74, 6) is 4.86. The van der Waals surface area contributed by atoms with Gasteiger partial charge < -0.3 is 4.90 Å². The number of hydrogen-bond donors (Lipinski definition) is 2. The summed E-state index contributed by atoms with van der Waals surface area (Å²) in [7, 11) is 1.99. The van der Waals surface area contributed by atoms with E-state index in [2.05, 4.69) is 21.8 Å². The summed E-state index contributed by atoms with van der Waals surface area (Å²) in [6.07, 6.45) is 0.443. The predicted octanol–water partition coefficient (Wildman–Crippen LogP) is 0.560. The zero-order valence-electron chi connectivity index (χ0n) is 8.19. The Balaban J connectivity index is 2.22. The molecular formula is C9H15N3OS. The number of carbonyl (C=O) groups excluding carboxylic acids is 1. The molecule has 1 aromatic heterocycles. The molecule has 0 aliphatic rings. The Hall–Kier alpha value is -0.910. The van der Waals surface area contributed by atoms with E-state index in [-0.39, 0.29) is 5.91 Å². The van der Waals surface area contributed by atoms with Gasteiger partial charge in [-0.3, -0.25) is 10.2 Å². The molecule has 0 aromatic carbocycles. The van der Waals surface area contributed by atoms with Crippen molar-refractivity contribution in [2.24, 2.45) is 5.84 Å². The van der Waals surface area contributed by atoms with Crippen molar-refractivity contribution in [1.82, 2.24) is 10.3 Å². The van der Waals surface area contributed by atoms with E-state index < -0.39 is 0 Å². The number of nitrogens with two attached hydrogens (primary N) is 1. The van der Waals surface area contributed by atoms with Crippen LogP contribution in [-0.4, -0.2) is 24.4 Å². The van der Waals surface area contributed by atoms with Crippen LogP contribution in [0.2, 0.25) is 0 Å². The number of thiophene rings is 1. The highest BCUT2D eigenvalue weighted by atomic mass is 32.1. The average Bonchev–Trinajstić information content (AvgIpc) is 2.66. The highest BCUT2D eigenvalue weighted by Gasteiger charge is 2.03. The number of hydrogen-bond acceptors (Lipinski definition) is 4. The summed E-state index contributed by atoms with van der Waals surface area (Å²) in [6.45, 7) is 1.61. The minimum Gasteiger partial charge on any atom is -0.301 e. The largest absolute Gasteiger partial charge is 0.301 e. The first-order valence-electron chi connectivity index (χ1n) is 4.42. The van der Waals surface area contributed by atoms with Crippen LogP contribution in [0.3, 0.4) is 0 Å². The fraction of sp³-hybridized carbons (Fsp3) is 0.444. The number of hydrazine groups is 1. The standard InChI is InChI=1S/C9H15N3OS/c1-12(5-4-9(13)11-10)7-8-3-2-6-14-8/h2-3,6H,4-5,7,10H2,1H3,(H,11,13). The van der Waals surface area contributed by atoms with E-state index in [9.17, 15) is 4.79 Å². The van der Waals surface area contributed by atoms with Gasteiger partial charge in [-0.05, 0) is 18.5 Å². The zero-order chi connectivity index (χ0) is 10.4. The highest BCUT2D eigenvalue weighted by molar-refractivity contribution is 7.09. The van der Waals surface area contributed by atoms with Crippen LogP contribution in [0.15, 0.2) is 17.5 Å². The van der Waals surface area contributed by atoms with Crippen LogP contribution in [0, 0.1) is 0 Å². The normalized spacial score (nSPS) is 10.5. The lowest BCUT2D eigenvalue weighted by atomic mass is 10.3. The molecule has 5 heteroatoms. The molecule has 0 unspecified atom stereocenters. The monoisotopic (exact) mass is 213 g/mol. The van der Waals surface area contributed by atoms with Crippen molar-refractivity contribution < 1.29 is 4.79 Å². The fourth-order valence-electron chi connectivity index (χ4n) is 1.11. The van der Waals surface area contributed by atoms with Crippen molar-refractivity contribution in [2.45, 2.75) is 13.0 Å². The SMILES string of the molecule is CN(CCC(=O)NN)Cc1cccs1. The first-order valence-corrected chi connectivity index (χ1v) is 5.30. The summed E-state index contributed by atoms with van der Waals surface area (Å²) < 4.78 is 0. The van der Waals surface area contributed by atoms with Crippen LogP contribution in [0.5, 0.6) is 0 Å². The molecule has 1 heterocycles. The lowest BCUT2D eigenvalue weighted by molar-refractivity contribution is -0.121. The maximum Gasteiger partial charge on any atom is 0.235 e. The van der Waals surface area contributed by atoms with Gasteiger partial charge in [0.05, 0.1) is 0 Å². The Morgan fingerprint density at radius 3 is 3.07 bits per heavy atom. The van der Waals surface area contributed by atoms with Crippen molar-refractivity contribution in [3.05, 3.63) is 22.4 Å². The molecule has 4 nitrogen and oxygen atoms in total. The van der Waals surface area contributed by atoms with Crippen LogP contribution in [0.25, 0.3) is 0 Å². The quantitative estimate of drug-likeness (QED) is 0.427. The summed E-state index contributed by atoms with van der Waals surface area (Å²) in [5, 5.41) is 2.05. The molecule has 0 radical (unpaired) electrons. The predicted molar refractivity (Wildman–Crippen MR) is 57.6 cm³/mol. The van der Waals surface area contributed by atoms with Gasteiger partial charge in [0.25, 0.3) is 0 Å². The van der Waals surface area contributed by atoms with E-state index in [4.69, 9.17) is 5.84 Å². The van der Waals surface area contributed by atoms with Gasteiger partial charge in [0.2, 0.25) is 5.91 Å². The molecule has 0 spiro atoms. The van der Waals surface area contributed by atoms with Gasteiger partial charge in [0.15, 0.2) is 0 Å². The molecule has 3 N–H and O–H groups in total. The lowest BCUT2D eigenvalue weighted by Gasteiger charge is -2.14. The second-order valence-corrected chi connectivity index (χ2v) is 4.17. The zero-order valence-corrected chi connectivity index (χ0v) is 9.01. The van der Waals surface area contributed by atoms with E-state index in [0.717, 1.165) is 13.1 Å². The summed E-state index contributed by atoms with van der Waals surface area (Å²) in [6, 6.07) is 4.12. The molecule has 0 atom stereocenters. The topological polar surface area (TPSA) is 58.4 Å². The van der Waals surface area contributed by atoms with Crippen molar-refractivity contribution in [3.63, 3.8) is 0 Å². The van der Waals surface area contributed by atoms with E-state index in [1.807, 2.05) is 13.1 Å². The Morgan fingerprint density at radius 1 is 1.71 bits per heavy atom. The molecule has 78 valence electrons. The van der Waals surface area contributed by atoms with E-state index >= 15 is 0 Å². The smallest absolute Gasteiger partial charge is 0.235 e. The Bertz CT molecular complexity index is 274. The first-order chi connectivity index (χ1) is 6.72. The summed E-state index contributed by atoms with van der Waals surface area (Å²) in [5.41, 5.74) is 2.12. The molecule has 1 aromatic rings. The van der Waals surface area contributed by atoms with Crippen molar-refractivity contribution in [3.8, 4) is 0 Å². The van der Waals surface area contributed by atoms with Gasteiger partial charge in [-0.15, -0.1) is 11.3 Å². The second kappa shape index (κ2) is 5.74. The number of carbonyl (C=O) groups is 1. The number of amides is 1. The van der Waals surface area contributed by atoms with Crippen molar-refractivity contribution >= 4 is 17.2 Å². The van der Waals surface area contributed by atoms with E-state index in [1.165, 1.54) is 4.88 Å². The summed E-state index contributed by atoms with van der Waals surface area (Å²) >= 11 is 1.72. The Kier molecular flexibility index (Phi) is 4.58. The van der Waals surface area contributed by atoms with Gasteiger partial charge in [-0.1, -0.05) is 6.07 Å².